The number of nitrogens with one attached hydrogen (secondary N) is 1. The fraction of sp³-hybridized carbons (Fsp3) is 0.636. The number of aryl methyl sites for hydroxylation is 1. The van der Waals surface area contributed by atoms with E-state index < -0.39 is 0 Å². The van der Waals surface area contributed by atoms with Gasteiger partial charge in [-0.2, -0.15) is 5.10 Å². The molecule has 5 nitrogen and oxygen atoms in total. The molecule has 3 N–H and O–H groups in total. The standard InChI is InChI=1S/C11H18N4O/c1-2-9-6-10(14-13-9)11(16)15-5-3-4-8(12)7-15/h6,8H,2-5,7,12H2,1H3,(H,13,14). The van der Waals surface area contributed by atoms with Crippen LogP contribution in [0, 0.1) is 0 Å². The summed E-state index contributed by atoms with van der Waals surface area (Å²) in [5, 5.41) is 6.89. The lowest BCUT2D eigenvalue weighted by atomic mass is 10.1. The van der Waals surface area contributed by atoms with Crippen LogP contribution in [0.5, 0.6) is 0 Å². The van der Waals surface area contributed by atoms with Crippen molar-refractivity contribution in [1.82, 2.24) is 15.1 Å². The Kier molecular flexibility index (Phi) is 3.24. The monoisotopic (exact) mass is 222 g/mol. The minimum atomic E-state index is -0.00824. The average molecular weight is 222 g/mol. The fourth-order valence-corrected chi connectivity index (χ4v) is 2.01. The van der Waals surface area contributed by atoms with Gasteiger partial charge < -0.3 is 10.6 Å². The maximum atomic E-state index is 12.1. The summed E-state index contributed by atoms with van der Waals surface area (Å²) >= 11 is 0. The Morgan fingerprint density at radius 1 is 1.75 bits per heavy atom. The first kappa shape index (κ1) is 11.1. The predicted octanol–water partition coefficient (Wildman–Crippen LogP) is 0.535. The number of rotatable bonds is 2. The molecular formula is C11H18N4O. The van der Waals surface area contributed by atoms with Crippen molar-refractivity contribution in [3.05, 3.63) is 17.5 Å². The van der Waals surface area contributed by atoms with Gasteiger partial charge in [0.25, 0.3) is 5.91 Å². The summed E-state index contributed by atoms with van der Waals surface area (Å²) < 4.78 is 0. The van der Waals surface area contributed by atoms with E-state index in [1.165, 1.54) is 0 Å². The summed E-state index contributed by atoms with van der Waals surface area (Å²) in [6.07, 6.45) is 2.85. The molecule has 1 aromatic rings. The summed E-state index contributed by atoms with van der Waals surface area (Å²) in [4.78, 5) is 13.9. The minimum absolute atomic E-state index is 0.00824. The molecule has 2 rings (SSSR count). The van der Waals surface area contributed by atoms with Crippen molar-refractivity contribution in [1.29, 1.82) is 0 Å². The van der Waals surface area contributed by atoms with Crippen LogP contribution in [0.3, 0.4) is 0 Å². The van der Waals surface area contributed by atoms with Crippen molar-refractivity contribution in [3.63, 3.8) is 0 Å². The average Bonchev–Trinajstić information content (AvgIpc) is 2.76. The predicted molar refractivity (Wildman–Crippen MR) is 61.1 cm³/mol. The number of piperidine rings is 1. The quantitative estimate of drug-likeness (QED) is 0.766. The van der Waals surface area contributed by atoms with Crippen LogP contribution in [0.4, 0.5) is 0 Å². The van der Waals surface area contributed by atoms with E-state index in [9.17, 15) is 4.79 Å². The molecule has 0 saturated carbocycles. The number of H-pyrrole nitrogens is 1. The van der Waals surface area contributed by atoms with Gasteiger partial charge in [0.05, 0.1) is 0 Å². The van der Waals surface area contributed by atoms with Crippen molar-refractivity contribution >= 4 is 5.91 Å². The molecule has 1 unspecified atom stereocenters. The van der Waals surface area contributed by atoms with Crippen LogP contribution in [0.2, 0.25) is 0 Å². The van der Waals surface area contributed by atoms with E-state index in [1.807, 2.05) is 13.0 Å². The van der Waals surface area contributed by atoms with E-state index in [-0.39, 0.29) is 11.9 Å². The number of likely N-dealkylation sites (tertiary alicyclic amines) is 1. The molecule has 1 amide bonds. The second kappa shape index (κ2) is 4.65. The molecule has 1 aliphatic heterocycles. The Bertz CT molecular complexity index is 374. The highest BCUT2D eigenvalue weighted by Crippen LogP contribution is 2.12. The zero-order valence-corrected chi connectivity index (χ0v) is 9.57. The number of hydrogen-bond acceptors (Lipinski definition) is 3. The summed E-state index contributed by atoms with van der Waals surface area (Å²) in [6, 6.07) is 1.94. The zero-order valence-electron chi connectivity index (χ0n) is 9.57. The molecule has 0 bridgehead atoms. The van der Waals surface area contributed by atoms with E-state index in [2.05, 4.69) is 10.2 Å². The van der Waals surface area contributed by atoms with Crippen molar-refractivity contribution < 1.29 is 4.79 Å². The molecule has 0 spiro atoms. The Morgan fingerprint density at radius 2 is 2.56 bits per heavy atom. The maximum Gasteiger partial charge on any atom is 0.274 e. The number of hydrogen-bond donors (Lipinski definition) is 2. The van der Waals surface area contributed by atoms with E-state index in [0.29, 0.717) is 12.2 Å². The molecule has 1 saturated heterocycles. The lowest BCUT2D eigenvalue weighted by molar-refractivity contribution is 0.0703. The van der Waals surface area contributed by atoms with E-state index in [4.69, 9.17) is 5.73 Å². The molecule has 0 aromatic carbocycles. The number of nitrogens with zero attached hydrogens (tertiary/aromatic N) is 2. The highest BCUT2D eigenvalue weighted by atomic mass is 16.2. The SMILES string of the molecule is CCc1cc(C(=O)N2CCCC(N)C2)n[nH]1. The zero-order chi connectivity index (χ0) is 11.5. The van der Waals surface area contributed by atoms with Gasteiger partial charge in [0.1, 0.15) is 5.69 Å². The van der Waals surface area contributed by atoms with Gasteiger partial charge in [-0.05, 0) is 25.3 Å². The molecule has 1 atom stereocenters. The third-order valence-electron chi connectivity index (χ3n) is 2.98. The molecule has 1 aromatic heterocycles. The van der Waals surface area contributed by atoms with Gasteiger partial charge in [-0.3, -0.25) is 9.89 Å². The lowest BCUT2D eigenvalue weighted by Crippen LogP contribution is -2.45. The largest absolute Gasteiger partial charge is 0.336 e. The summed E-state index contributed by atoms with van der Waals surface area (Å²) in [5.41, 5.74) is 7.35. The van der Waals surface area contributed by atoms with Gasteiger partial charge in [0.15, 0.2) is 0 Å². The molecule has 1 aliphatic rings. The van der Waals surface area contributed by atoms with E-state index in [1.54, 1.807) is 4.90 Å². The van der Waals surface area contributed by atoms with Crippen LogP contribution >= 0.6 is 0 Å². The van der Waals surface area contributed by atoms with Gasteiger partial charge in [0.2, 0.25) is 0 Å². The van der Waals surface area contributed by atoms with Gasteiger partial charge in [0, 0.05) is 24.8 Å². The number of aromatic amines is 1. The highest BCUT2D eigenvalue weighted by Gasteiger charge is 2.23. The van der Waals surface area contributed by atoms with Crippen LogP contribution in [0.1, 0.15) is 35.9 Å². The third-order valence-corrected chi connectivity index (χ3v) is 2.98. The summed E-state index contributed by atoms with van der Waals surface area (Å²) in [6.45, 7) is 3.46. The number of carbonyl (C=O) groups is 1. The van der Waals surface area contributed by atoms with Crippen LogP contribution in [0.15, 0.2) is 6.07 Å². The second-order valence-electron chi connectivity index (χ2n) is 4.29. The molecule has 16 heavy (non-hydrogen) atoms. The summed E-state index contributed by atoms with van der Waals surface area (Å²) in [7, 11) is 0. The molecule has 5 heteroatoms. The molecule has 0 radical (unpaired) electrons. The van der Waals surface area contributed by atoms with Crippen LogP contribution in [-0.4, -0.2) is 40.1 Å². The summed E-state index contributed by atoms with van der Waals surface area (Å²) in [5.74, 6) is -0.00824. The van der Waals surface area contributed by atoms with E-state index in [0.717, 1.165) is 31.5 Å². The van der Waals surface area contributed by atoms with Crippen LogP contribution in [0.25, 0.3) is 0 Å². The second-order valence-corrected chi connectivity index (χ2v) is 4.29. The van der Waals surface area contributed by atoms with Gasteiger partial charge in [-0.15, -0.1) is 0 Å². The Morgan fingerprint density at radius 3 is 3.19 bits per heavy atom. The minimum Gasteiger partial charge on any atom is -0.336 e. The first-order valence-corrected chi connectivity index (χ1v) is 5.80. The van der Waals surface area contributed by atoms with E-state index >= 15 is 0 Å². The van der Waals surface area contributed by atoms with Gasteiger partial charge in [-0.1, -0.05) is 6.92 Å². The highest BCUT2D eigenvalue weighted by molar-refractivity contribution is 5.92. The van der Waals surface area contributed by atoms with Crippen LogP contribution < -0.4 is 5.73 Å². The van der Waals surface area contributed by atoms with Crippen molar-refractivity contribution in [2.45, 2.75) is 32.2 Å². The Hall–Kier alpha value is -1.36. The van der Waals surface area contributed by atoms with Crippen LogP contribution in [-0.2, 0) is 6.42 Å². The maximum absolute atomic E-state index is 12.1. The normalized spacial score (nSPS) is 21.1. The number of aromatic nitrogens is 2. The Labute approximate surface area is 95.0 Å². The number of nitrogens with two attached hydrogens (primary N) is 1. The smallest absolute Gasteiger partial charge is 0.274 e. The number of amides is 1. The first-order chi connectivity index (χ1) is 7.70. The third kappa shape index (κ3) is 2.24. The topological polar surface area (TPSA) is 75.0 Å². The van der Waals surface area contributed by atoms with Gasteiger partial charge >= 0.3 is 0 Å². The molecule has 2 heterocycles. The van der Waals surface area contributed by atoms with Crippen molar-refractivity contribution in [3.8, 4) is 0 Å². The molecular weight excluding hydrogens is 204 g/mol. The lowest BCUT2D eigenvalue weighted by Gasteiger charge is -2.30. The van der Waals surface area contributed by atoms with Crippen molar-refractivity contribution in [2.24, 2.45) is 5.73 Å². The molecule has 88 valence electrons. The first-order valence-electron chi connectivity index (χ1n) is 5.80. The number of carbonyl (C=O) groups excluding carboxylic acids is 1. The molecule has 0 aliphatic carbocycles. The molecule has 1 fully saturated rings. The Balaban J connectivity index is 2.06. The fourth-order valence-electron chi connectivity index (χ4n) is 2.01. The van der Waals surface area contributed by atoms with Crippen molar-refractivity contribution in [2.75, 3.05) is 13.1 Å². The van der Waals surface area contributed by atoms with Gasteiger partial charge in [-0.25, -0.2) is 0 Å².